The largest absolute Gasteiger partial charge is 0.346 e. The highest BCUT2D eigenvalue weighted by Crippen LogP contribution is 2.53. The summed E-state index contributed by atoms with van der Waals surface area (Å²) < 4.78 is 66.8. The smallest absolute Gasteiger partial charge is 0.269 e. The molecule has 5 heterocycles. The number of nitrogens with zero attached hydrogens (tertiary/aromatic N) is 4. The van der Waals surface area contributed by atoms with E-state index < -0.39 is 78.5 Å². The Morgan fingerprint density at radius 1 is 0.962 bits per heavy atom. The Balaban J connectivity index is 1.26. The molecule has 52 heavy (non-hydrogen) atoms. The first-order chi connectivity index (χ1) is 24.6. The molecule has 1 N–H and O–H groups in total. The number of imide groups is 1. The fourth-order valence-electron chi connectivity index (χ4n) is 8.39. The standard InChI is InChI=1S/C35H34ClN5O9S2/c1-23(42)38-15-13-33(14-16-38)21-40-29(43)19-39(22-35(40,50-33)20-34-12-6-5-9-27(34)31(44)37-32(34)45)52(48,49)30-18-24-17-25(36)10-11-28(24)41(30)51(46,47)26-7-3-2-4-8-26/h2-12,17-18,27H,13-16,19-22H2,1H3,(H,37,44,45). The molecular weight excluding hydrogens is 734 g/mol. The van der Waals surface area contributed by atoms with E-state index >= 15 is 0 Å². The van der Waals surface area contributed by atoms with Gasteiger partial charge in [0.05, 0.1) is 47.0 Å². The molecule has 0 bridgehead atoms. The maximum Gasteiger partial charge on any atom is 0.269 e. The zero-order valence-electron chi connectivity index (χ0n) is 27.9. The third-order valence-corrected chi connectivity index (χ3v) is 14.8. The molecule has 14 nitrogen and oxygen atoms in total. The van der Waals surface area contributed by atoms with Crippen LogP contribution in [0.2, 0.25) is 5.02 Å². The average molecular weight is 768 g/mol. The van der Waals surface area contributed by atoms with Crippen LogP contribution in [-0.2, 0) is 44.0 Å². The molecule has 2 aromatic carbocycles. The second kappa shape index (κ2) is 11.8. The van der Waals surface area contributed by atoms with Crippen LogP contribution >= 0.6 is 11.6 Å². The Bertz CT molecular complexity index is 2350. The summed E-state index contributed by atoms with van der Waals surface area (Å²) in [5, 5.41) is 2.27. The molecule has 0 saturated carbocycles. The van der Waals surface area contributed by atoms with E-state index in [0.717, 1.165) is 8.28 Å². The van der Waals surface area contributed by atoms with Gasteiger partial charge in [-0.25, -0.2) is 20.8 Å². The van der Waals surface area contributed by atoms with Gasteiger partial charge in [0, 0.05) is 36.8 Å². The molecule has 17 heteroatoms. The van der Waals surface area contributed by atoms with Gasteiger partial charge in [-0.3, -0.25) is 24.5 Å². The van der Waals surface area contributed by atoms with Crippen molar-refractivity contribution < 1.29 is 40.8 Å². The van der Waals surface area contributed by atoms with Crippen molar-refractivity contribution in [2.24, 2.45) is 11.3 Å². The van der Waals surface area contributed by atoms with Crippen molar-refractivity contribution in [3.63, 3.8) is 0 Å². The summed E-state index contributed by atoms with van der Waals surface area (Å²) in [7, 11) is -9.34. The number of amides is 4. The van der Waals surface area contributed by atoms with Gasteiger partial charge in [-0.05, 0) is 49.2 Å². The molecule has 8 rings (SSSR count). The van der Waals surface area contributed by atoms with Crippen LogP contribution in [-0.4, -0.2) is 103 Å². The number of sulfonamides is 1. The van der Waals surface area contributed by atoms with Crippen LogP contribution in [0.5, 0.6) is 0 Å². The fourth-order valence-corrected chi connectivity index (χ4v) is 12.1. The fraction of sp³-hybridized carbons (Fsp3) is 0.371. The van der Waals surface area contributed by atoms with Crippen LogP contribution in [0.4, 0.5) is 0 Å². The number of halogens is 1. The predicted molar refractivity (Wildman–Crippen MR) is 186 cm³/mol. The van der Waals surface area contributed by atoms with E-state index in [1.165, 1.54) is 60.4 Å². The van der Waals surface area contributed by atoms with Gasteiger partial charge in [-0.15, -0.1) is 0 Å². The monoisotopic (exact) mass is 767 g/mol. The number of hydrogen-bond donors (Lipinski definition) is 1. The lowest BCUT2D eigenvalue weighted by Crippen LogP contribution is -2.65. The normalized spacial score (nSPS) is 27.3. The van der Waals surface area contributed by atoms with Crippen LogP contribution < -0.4 is 5.32 Å². The zero-order chi connectivity index (χ0) is 36.8. The van der Waals surface area contributed by atoms with Crippen molar-refractivity contribution in [1.82, 2.24) is 23.4 Å². The number of benzene rings is 2. The molecule has 5 aliphatic rings. The lowest BCUT2D eigenvalue weighted by atomic mass is 9.69. The molecule has 4 fully saturated rings. The Labute approximate surface area is 304 Å². The molecule has 1 aliphatic carbocycles. The quantitative estimate of drug-likeness (QED) is 0.370. The summed E-state index contributed by atoms with van der Waals surface area (Å²) in [4.78, 5) is 56.1. The number of carbonyl (C=O) groups excluding carboxylic acids is 4. The van der Waals surface area contributed by atoms with Gasteiger partial charge in [-0.1, -0.05) is 54.1 Å². The molecule has 3 unspecified atom stereocenters. The van der Waals surface area contributed by atoms with E-state index in [-0.39, 0.29) is 39.7 Å². The van der Waals surface area contributed by atoms with Gasteiger partial charge in [0.15, 0.2) is 10.8 Å². The summed E-state index contributed by atoms with van der Waals surface area (Å²) in [5.74, 6) is -2.81. The third kappa shape index (κ3) is 5.17. The van der Waals surface area contributed by atoms with Crippen LogP contribution in [0.15, 0.2) is 88.8 Å². The number of aromatic nitrogens is 1. The first kappa shape index (κ1) is 34.7. The molecule has 4 saturated heterocycles. The number of hydrogen-bond acceptors (Lipinski definition) is 9. The topological polar surface area (TPSA) is 172 Å². The Morgan fingerprint density at radius 2 is 1.69 bits per heavy atom. The van der Waals surface area contributed by atoms with E-state index in [1.807, 2.05) is 0 Å². The Kier molecular flexibility index (Phi) is 7.90. The average Bonchev–Trinajstić information content (AvgIpc) is 3.73. The van der Waals surface area contributed by atoms with Gasteiger partial charge in [0.25, 0.3) is 20.0 Å². The number of carbonyl (C=O) groups is 4. The summed E-state index contributed by atoms with van der Waals surface area (Å²) in [6.07, 6.45) is 6.87. The number of ether oxygens (including phenoxy) is 1. The molecule has 4 amide bonds. The molecule has 1 aromatic heterocycles. The number of fused-ring (bicyclic) bond motifs is 3. The maximum absolute atomic E-state index is 14.9. The molecule has 3 atom stereocenters. The van der Waals surface area contributed by atoms with Crippen molar-refractivity contribution >= 4 is 66.2 Å². The van der Waals surface area contributed by atoms with Crippen LogP contribution in [0.3, 0.4) is 0 Å². The van der Waals surface area contributed by atoms with Crippen LogP contribution in [0.25, 0.3) is 10.9 Å². The van der Waals surface area contributed by atoms with E-state index in [4.69, 9.17) is 16.3 Å². The Hall–Kier alpha value is -4.35. The highest BCUT2D eigenvalue weighted by Gasteiger charge is 2.66. The van der Waals surface area contributed by atoms with E-state index in [2.05, 4.69) is 5.32 Å². The molecule has 3 aromatic rings. The lowest BCUT2D eigenvalue weighted by Gasteiger charge is -2.48. The molecular formula is C35H34ClN5O9S2. The van der Waals surface area contributed by atoms with Crippen molar-refractivity contribution in [3.8, 4) is 0 Å². The zero-order valence-corrected chi connectivity index (χ0v) is 30.3. The number of likely N-dealkylation sites (tertiary alicyclic amines) is 1. The minimum Gasteiger partial charge on any atom is -0.346 e. The van der Waals surface area contributed by atoms with Gasteiger partial charge >= 0.3 is 0 Å². The van der Waals surface area contributed by atoms with Crippen molar-refractivity contribution in [1.29, 1.82) is 0 Å². The number of piperidine rings is 1. The molecule has 4 aliphatic heterocycles. The minimum absolute atomic E-state index is 0.0572. The molecule has 0 radical (unpaired) electrons. The number of allylic oxidation sites excluding steroid dienone is 2. The lowest BCUT2D eigenvalue weighted by molar-refractivity contribution is -0.193. The van der Waals surface area contributed by atoms with Gasteiger partial charge < -0.3 is 14.5 Å². The van der Waals surface area contributed by atoms with Gasteiger partial charge in [0.2, 0.25) is 23.6 Å². The first-order valence-electron chi connectivity index (χ1n) is 16.7. The Morgan fingerprint density at radius 3 is 2.40 bits per heavy atom. The van der Waals surface area contributed by atoms with Crippen LogP contribution in [0.1, 0.15) is 26.2 Å². The number of piperazine rings is 1. The van der Waals surface area contributed by atoms with E-state index in [0.29, 0.717) is 25.9 Å². The second-order valence-corrected chi connectivity index (χ2v) is 18.1. The van der Waals surface area contributed by atoms with Gasteiger partial charge in [-0.2, -0.15) is 4.31 Å². The van der Waals surface area contributed by atoms with Crippen LogP contribution in [0, 0.1) is 11.3 Å². The van der Waals surface area contributed by atoms with Crippen molar-refractivity contribution in [3.05, 3.63) is 83.9 Å². The minimum atomic E-state index is -4.83. The molecule has 272 valence electrons. The predicted octanol–water partition coefficient (Wildman–Crippen LogP) is 2.25. The number of rotatable bonds is 6. The maximum atomic E-state index is 14.9. The highest BCUT2D eigenvalue weighted by atomic mass is 35.5. The van der Waals surface area contributed by atoms with E-state index in [1.54, 1.807) is 35.3 Å². The summed E-state index contributed by atoms with van der Waals surface area (Å²) in [5.41, 5.74) is -4.19. The SMILES string of the molecule is CC(=O)N1CCC2(CC1)CN1C(=O)CN(S(=O)(=O)c3cc4cc(Cl)ccc4n3S(=O)(=O)c3ccccc3)CC1(CC13C=CC=CC1C(=O)NC3=O)O2. The van der Waals surface area contributed by atoms with Crippen molar-refractivity contribution in [2.75, 3.05) is 32.7 Å². The summed E-state index contributed by atoms with van der Waals surface area (Å²) >= 11 is 6.25. The summed E-state index contributed by atoms with van der Waals surface area (Å²) in [6.45, 7) is 1.10. The third-order valence-electron chi connectivity index (χ3n) is 10.9. The van der Waals surface area contributed by atoms with Crippen molar-refractivity contribution in [2.45, 2.75) is 47.4 Å². The number of nitrogens with one attached hydrogen (secondary N) is 1. The second-order valence-electron chi connectivity index (χ2n) is 14.0. The molecule has 1 spiro atoms. The first-order valence-corrected chi connectivity index (χ1v) is 20.0. The van der Waals surface area contributed by atoms with Gasteiger partial charge in [0.1, 0.15) is 0 Å². The highest BCUT2D eigenvalue weighted by molar-refractivity contribution is 7.92. The summed E-state index contributed by atoms with van der Waals surface area (Å²) in [6, 6.07) is 12.9. The van der Waals surface area contributed by atoms with E-state index in [9.17, 15) is 36.0 Å².